The smallest absolute Gasteiger partial charge is 0.310 e. The molecule has 0 aliphatic rings. The minimum Gasteiger partial charge on any atom is -0.481 e. The van der Waals surface area contributed by atoms with Gasteiger partial charge in [-0.25, -0.2) is 0 Å². The fourth-order valence-corrected chi connectivity index (χ4v) is 2.54. The Morgan fingerprint density at radius 1 is 1.17 bits per heavy atom. The Hall–Kier alpha value is -0.570. The number of aliphatic carboxylic acids is 1. The number of nitrogens with zero attached hydrogens (tertiary/aromatic N) is 1. The molecule has 0 aromatic rings. The third kappa shape index (κ3) is 6.39. The summed E-state index contributed by atoms with van der Waals surface area (Å²) in [6.45, 7) is 15.3. The van der Waals surface area contributed by atoms with Crippen molar-refractivity contribution in [3.63, 3.8) is 0 Å². The third-order valence-corrected chi connectivity index (χ3v) is 3.14. The van der Waals surface area contributed by atoms with Gasteiger partial charge in [0.25, 0.3) is 0 Å². The maximum Gasteiger partial charge on any atom is 0.310 e. The van der Waals surface area contributed by atoms with Crippen LogP contribution in [0.5, 0.6) is 0 Å². The molecule has 0 radical (unpaired) electrons. The number of rotatable bonds is 9. The van der Waals surface area contributed by atoms with E-state index in [4.69, 9.17) is 0 Å². The van der Waals surface area contributed by atoms with E-state index < -0.39 is 11.4 Å². The van der Waals surface area contributed by atoms with Gasteiger partial charge in [0.05, 0.1) is 5.41 Å². The van der Waals surface area contributed by atoms with E-state index in [0.717, 1.165) is 25.9 Å². The molecule has 0 aromatic carbocycles. The van der Waals surface area contributed by atoms with Crippen molar-refractivity contribution >= 4 is 5.97 Å². The Balaban J connectivity index is 4.73. The summed E-state index contributed by atoms with van der Waals surface area (Å²) >= 11 is 0. The zero-order valence-electron chi connectivity index (χ0n) is 13.0. The average Bonchev–Trinajstić information content (AvgIpc) is 2.14. The predicted octanol–water partition coefficient (Wildman–Crippen LogP) is 3.49. The van der Waals surface area contributed by atoms with Crippen LogP contribution in [0.25, 0.3) is 0 Å². The van der Waals surface area contributed by atoms with Crippen LogP contribution in [0.4, 0.5) is 0 Å². The molecule has 0 heterocycles. The first kappa shape index (κ1) is 17.4. The van der Waals surface area contributed by atoms with E-state index in [1.807, 2.05) is 6.92 Å². The molecule has 0 aliphatic carbocycles. The lowest BCUT2D eigenvalue weighted by molar-refractivity contribution is -0.149. The highest BCUT2D eigenvalue weighted by atomic mass is 16.4. The van der Waals surface area contributed by atoms with E-state index in [1.54, 1.807) is 0 Å². The molecule has 1 N–H and O–H groups in total. The fourth-order valence-electron chi connectivity index (χ4n) is 2.54. The molecule has 0 bridgehead atoms. The lowest BCUT2D eigenvalue weighted by atomic mass is 9.84. The highest BCUT2D eigenvalue weighted by molar-refractivity contribution is 5.74. The topological polar surface area (TPSA) is 40.5 Å². The van der Waals surface area contributed by atoms with Crippen molar-refractivity contribution in [1.29, 1.82) is 0 Å². The summed E-state index contributed by atoms with van der Waals surface area (Å²) in [5.74, 6) is 0.480. The molecule has 0 aliphatic heterocycles. The molecule has 0 rings (SSSR count). The van der Waals surface area contributed by atoms with E-state index in [0.29, 0.717) is 18.4 Å². The van der Waals surface area contributed by atoms with Crippen molar-refractivity contribution in [2.75, 3.05) is 19.6 Å². The molecular formula is C15H31NO2. The lowest BCUT2D eigenvalue weighted by Crippen LogP contribution is -2.44. The van der Waals surface area contributed by atoms with E-state index in [9.17, 15) is 9.90 Å². The maximum atomic E-state index is 11.5. The molecule has 0 saturated carbocycles. The van der Waals surface area contributed by atoms with Gasteiger partial charge in [-0.3, -0.25) is 4.79 Å². The molecule has 0 amide bonds. The third-order valence-electron chi connectivity index (χ3n) is 3.14. The fraction of sp³-hybridized carbons (Fsp3) is 0.933. The van der Waals surface area contributed by atoms with Crippen molar-refractivity contribution < 1.29 is 9.90 Å². The number of carboxylic acid groups (broad SMARTS) is 1. The van der Waals surface area contributed by atoms with E-state index in [2.05, 4.69) is 39.5 Å². The standard InChI is InChI=1S/C15H31NO2/c1-7-8-15(6,14(17)18)11-16(9-12(2)3)10-13(4)5/h12-13H,7-11H2,1-6H3,(H,17,18). The number of carbonyl (C=O) groups is 1. The van der Waals surface area contributed by atoms with Gasteiger partial charge in [0.1, 0.15) is 0 Å². The molecule has 3 heteroatoms. The second kappa shape index (κ2) is 7.78. The minimum absolute atomic E-state index is 0.573. The van der Waals surface area contributed by atoms with Crippen molar-refractivity contribution in [1.82, 2.24) is 4.90 Å². The molecule has 0 saturated heterocycles. The molecule has 18 heavy (non-hydrogen) atoms. The zero-order chi connectivity index (χ0) is 14.3. The molecule has 1 atom stereocenters. The summed E-state index contributed by atoms with van der Waals surface area (Å²) < 4.78 is 0. The molecule has 0 spiro atoms. The Bertz CT molecular complexity index is 241. The van der Waals surface area contributed by atoms with Gasteiger partial charge in [0.15, 0.2) is 0 Å². The SMILES string of the molecule is CCCC(C)(CN(CC(C)C)CC(C)C)C(=O)O. The normalized spacial score (nSPS) is 15.4. The van der Waals surface area contributed by atoms with E-state index in [-0.39, 0.29) is 0 Å². The summed E-state index contributed by atoms with van der Waals surface area (Å²) in [5, 5.41) is 9.45. The molecule has 108 valence electrons. The van der Waals surface area contributed by atoms with Crippen LogP contribution in [0.2, 0.25) is 0 Å². The quantitative estimate of drug-likeness (QED) is 0.687. The van der Waals surface area contributed by atoms with Crippen molar-refractivity contribution in [2.45, 2.75) is 54.4 Å². The number of hydrogen-bond donors (Lipinski definition) is 1. The summed E-state index contributed by atoms with van der Waals surface area (Å²) in [4.78, 5) is 13.8. The van der Waals surface area contributed by atoms with Crippen LogP contribution in [0.15, 0.2) is 0 Å². The second-order valence-corrected chi connectivity index (χ2v) is 6.60. The first-order chi connectivity index (χ1) is 8.21. The second-order valence-electron chi connectivity index (χ2n) is 6.60. The van der Waals surface area contributed by atoms with Gasteiger partial charge in [-0.05, 0) is 25.2 Å². The van der Waals surface area contributed by atoms with Gasteiger partial charge >= 0.3 is 5.97 Å². The first-order valence-electron chi connectivity index (χ1n) is 7.17. The highest BCUT2D eigenvalue weighted by Crippen LogP contribution is 2.26. The summed E-state index contributed by atoms with van der Waals surface area (Å²) in [5.41, 5.74) is -0.613. The predicted molar refractivity (Wildman–Crippen MR) is 76.8 cm³/mol. The molecule has 0 fully saturated rings. The van der Waals surface area contributed by atoms with Gasteiger partial charge in [-0.15, -0.1) is 0 Å². The Labute approximate surface area is 113 Å². The molecular weight excluding hydrogens is 226 g/mol. The van der Waals surface area contributed by atoms with Crippen molar-refractivity contribution in [3.05, 3.63) is 0 Å². The van der Waals surface area contributed by atoms with E-state index >= 15 is 0 Å². The number of carboxylic acids is 1. The lowest BCUT2D eigenvalue weighted by Gasteiger charge is -2.34. The van der Waals surface area contributed by atoms with Crippen molar-refractivity contribution in [2.24, 2.45) is 17.3 Å². The van der Waals surface area contributed by atoms with E-state index in [1.165, 1.54) is 0 Å². The van der Waals surface area contributed by atoms with Gasteiger partial charge in [0, 0.05) is 19.6 Å². The van der Waals surface area contributed by atoms with Crippen LogP contribution in [-0.4, -0.2) is 35.6 Å². The summed E-state index contributed by atoms with van der Waals surface area (Å²) in [6.07, 6.45) is 1.66. The summed E-state index contributed by atoms with van der Waals surface area (Å²) in [6, 6.07) is 0. The van der Waals surface area contributed by atoms with Crippen LogP contribution >= 0.6 is 0 Å². The number of hydrogen-bond acceptors (Lipinski definition) is 2. The molecule has 1 unspecified atom stereocenters. The Kier molecular flexibility index (Phi) is 7.53. The molecule has 3 nitrogen and oxygen atoms in total. The van der Waals surface area contributed by atoms with Crippen LogP contribution in [0, 0.1) is 17.3 Å². The summed E-state index contributed by atoms with van der Waals surface area (Å²) in [7, 11) is 0. The largest absolute Gasteiger partial charge is 0.481 e. The monoisotopic (exact) mass is 257 g/mol. The van der Waals surface area contributed by atoms with Crippen LogP contribution in [0.3, 0.4) is 0 Å². The van der Waals surface area contributed by atoms with Gasteiger partial charge in [-0.2, -0.15) is 0 Å². The Morgan fingerprint density at radius 2 is 1.61 bits per heavy atom. The van der Waals surface area contributed by atoms with Crippen molar-refractivity contribution in [3.8, 4) is 0 Å². The average molecular weight is 257 g/mol. The molecule has 0 aromatic heterocycles. The highest BCUT2D eigenvalue weighted by Gasteiger charge is 2.34. The van der Waals surface area contributed by atoms with Gasteiger partial charge in [0.2, 0.25) is 0 Å². The zero-order valence-corrected chi connectivity index (χ0v) is 13.0. The van der Waals surface area contributed by atoms with Crippen LogP contribution in [-0.2, 0) is 4.79 Å². The minimum atomic E-state index is -0.665. The van der Waals surface area contributed by atoms with Crippen LogP contribution < -0.4 is 0 Å². The first-order valence-corrected chi connectivity index (χ1v) is 7.17. The van der Waals surface area contributed by atoms with Gasteiger partial charge < -0.3 is 10.0 Å². The van der Waals surface area contributed by atoms with Crippen LogP contribution in [0.1, 0.15) is 54.4 Å². The van der Waals surface area contributed by atoms with Gasteiger partial charge in [-0.1, -0.05) is 41.0 Å². The Morgan fingerprint density at radius 3 is 1.89 bits per heavy atom. The maximum absolute atomic E-state index is 11.5.